The van der Waals surface area contributed by atoms with Crippen molar-refractivity contribution in [3.63, 3.8) is 0 Å². The summed E-state index contributed by atoms with van der Waals surface area (Å²) in [6.45, 7) is 2.31. The van der Waals surface area contributed by atoms with Gasteiger partial charge in [-0.25, -0.2) is 9.18 Å². The molecular formula is C19H21FN2O4. The van der Waals surface area contributed by atoms with Crippen molar-refractivity contribution in [2.24, 2.45) is 11.3 Å². The second kappa shape index (κ2) is 5.79. The van der Waals surface area contributed by atoms with Gasteiger partial charge < -0.3 is 15.3 Å². The predicted octanol–water partition coefficient (Wildman–Crippen LogP) is 2.48. The number of carbonyl (C=O) groups excluding carboxylic acids is 2. The second-order valence-corrected chi connectivity index (χ2v) is 7.91. The first-order valence-electron chi connectivity index (χ1n) is 8.98. The van der Waals surface area contributed by atoms with Crippen LogP contribution in [0.4, 0.5) is 10.1 Å². The van der Waals surface area contributed by atoms with Gasteiger partial charge in [0.05, 0.1) is 17.1 Å². The molecule has 1 aliphatic carbocycles. The molecule has 0 radical (unpaired) electrons. The summed E-state index contributed by atoms with van der Waals surface area (Å²) in [7, 11) is 0. The molecule has 2 fully saturated rings. The van der Waals surface area contributed by atoms with Crippen LogP contribution in [0.1, 0.15) is 49.8 Å². The summed E-state index contributed by atoms with van der Waals surface area (Å²) < 4.78 is 14.7. The summed E-state index contributed by atoms with van der Waals surface area (Å²) in [4.78, 5) is 36.8. The highest BCUT2D eigenvalue weighted by Crippen LogP contribution is 2.53. The van der Waals surface area contributed by atoms with Crippen LogP contribution in [0.2, 0.25) is 0 Å². The number of nitrogens with zero attached hydrogens (tertiary/aromatic N) is 1. The number of likely N-dealkylation sites (tertiary alicyclic amines) is 1. The molecule has 1 aromatic rings. The number of nitrogens with one attached hydrogen (secondary N) is 1. The highest BCUT2D eigenvalue weighted by Gasteiger charge is 2.52. The van der Waals surface area contributed by atoms with Gasteiger partial charge in [0.2, 0.25) is 5.91 Å². The van der Waals surface area contributed by atoms with E-state index in [2.05, 4.69) is 5.32 Å². The van der Waals surface area contributed by atoms with Crippen molar-refractivity contribution in [2.75, 3.05) is 11.9 Å². The Labute approximate surface area is 150 Å². The molecule has 4 rings (SSSR count). The number of amides is 2. The van der Waals surface area contributed by atoms with Crippen LogP contribution in [0.3, 0.4) is 0 Å². The highest BCUT2D eigenvalue weighted by atomic mass is 19.1. The number of piperidine rings is 1. The van der Waals surface area contributed by atoms with Gasteiger partial charge in [-0.05, 0) is 55.2 Å². The van der Waals surface area contributed by atoms with E-state index < -0.39 is 29.2 Å². The van der Waals surface area contributed by atoms with Crippen LogP contribution < -0.4 is 5.32 Å². The number of aliphatic carboxylic acids is 1. The van der Waals surface area contributed by atoms with Crippen molar-refractivity contribution in [3.8, 4) is 0 Å². The third kappa shape index (κ3) is 2.66. The molecule has 1 spiro atoms. The minimum Gasteiger partial charge on any atom is -0.474 e. The van der Waals surface area contributed by atoms with Gasteiger partial charge in [0.25, 0.3) is 0 Å². The van der Waals surface area contributed by atoms with Crippen LogP contribution >= 0.6 is 0 Å². The molecule has 1 saturated heterocycles. The van der Waals surface area contributed by atoms with Crippen LogP contribution in [0, 0.1) is 17.2 Å². The Kier molecular flexibility index (Phi) is 3.78. The Morgan fingerprint density at radius 1 is 1.31 bits per heavy atom. The molecule has 2 atom stereocenters. The first-order chi connectivity index (χ1) is 12.3. The van der Waals surface area contributed by atoms with Gasteiger partial charge in [-0.2, -0.15) is 0 Å². The van der Waals surface area contributed by atoms with Crippen LogP contribution in [0.15, 0.2) is 12.1 Å². The molecule has 2 N–H and O–H groups in total. The number of hydrogen-bond donors (Lipinski definition) is 2. The molecule has 2 aliphatic heterocycles. The average molecular weight is 360 g/mol. The van der Waals surface area contributed by atoms with Gasteiger partial charge in [-0.1, -0.05) is 13.0 Å². The zero-order valence-electron chi connectivity index (χ0n) is 14.5. The van der Waals surface area contributed by atoms with Gasteiger partial charge in [0, 0.05) is 6.54 Å². The third-order valence-electron chi connectivity index (χ3n) is 5.94. The molecule has 0 aromatic heterocycles. The highest BCUT2D eigenvalue weighted by molar-refractivity contribution is 6.31. The summed E-state index contributed by atoms with van der Waals surface area (Å²) in [5, 5.41) is 11.8. The zero-order valence-corrected chi connectivity index (χ0v) is 14.5. The third-order valence-corrected chi connectivity index (χ3v) is 5.94. The number of fused-ring (bicyclic) bond motifs is 1. The fraction of sp³-hybridized carbons (Fsp3) is 0.526. The summed E-state index contributed by atoms with van der Waals surface area (Å²) >= 11 is 0. The van der Waals surface area contributed by atoms with Gasteiger partial charge in [0.1, 0.15) is 5.82 Å². The number of benzene rings is 1. The molecule has 138 valence electrons. The number of carbonyl (C=O) groups is 3. The van der Waals surface area contributed by atoms with Crippen LogP contribution in [-0.4, -0.2) is 34.3 Å². The van der Waals surface area contributed by atoms with E-state index in [1.165, 1.54) is 11.0 Å². The van der Waals surface area contributed by atoms with Crippen molar-refractivity contribution in [3.05, 3.63) is 29.1 Å². The van der Waals surface area contributed by atoms with Crippen LogP contribution in [0.25, 0.3) is 0 Å². The molecule has 6 nitrogen and oxygen atoms in total. The SMILES string of the molecule is C[C@H]1CCC(c2cc(F)c3c(c2)CC2(CC2)C(=O)N3)N(C(=O)C(=O)O)C1. The Balaban J connectivity index is 1.71. The molecule has 3 aliphatic rings. The van der Waals surface area contributed by atoms with Crippen molar-refractivity contribution in [2.45, 2.75) is 45.1 Å². The molecule has 1 unspecified atom stereocenters. The lowest BCUT2D eigenvalue weighted by atomic mass is 9.85. The van der Waals surface area contributed by atoms with E-state index in [1.54, 1.807) is 0 Å². The summed E-state index contributed by atoms with van der Waals surface area (Å²) in [5.41, 5.74) is 1.15. The number of halogens is 1. The Morgan fingerprint density at radius 3 is 2.69 bits per heavy atom. The van der Waals surface area contributed by atoms with E-state index in [0.717, 1.165) is 24.8 Å². The van der Waals surface area contributed by atoms with Gasteiger partial charge in [0.15, 0.2) is 0 Å². The minimum atomic E-state index is -1.49. The average Bonchev–Trinajstić information content (AvgIpc) is 3.36. The maximum absolute atomic E-state index is 14.7. The lowest BCUT2D eigenvalue weighted by molar-refractivity contribution is -0.158. The number of anilines is 1. The summed E-state index contributed by atoms with van der Waals surface area (Å²) in [6, 6.07) is 2.70. The van der Waals surface area contributed by atoms with Crippen molar-refractivity contribution >= 4 is 23.5 Å². The Morgan fingerprint density at radius 2 is 2.04 bits per heavy atom. The smallest absolute Gasteiger partial charge is 0.394 e. The standard InChI is InChI=1S/C19H21FN2O4/c1-10-2-3-14(22(9-10)16(23)17(24)25)11-6-12-8-19(4-5-19)18(26)21-15(12)13(20)7-11/h6-7,10,14H,2-5,8-9H2,1H3,(H,21,26)(H,24,25)/t10-,14?/m0/s1. The minimum absolute atomic E-state index is 0.120. The van der Waals surface area contributed by atoms with E-state index in [1.807, 2.05) is 13.0 Å². The maximum Gasteiger partial charge on any atom is 0.394 e. The van der Waals surface area contributed by atoms with E-state index in [0.29, 0.717) is 24.9 Å². The van der Waals surface area contributed by atoms with Gasteiger partial charge in [-0.3, -0.25) is 9.59 Å². The first kappa shape index (κ1) is 17.0. The summed E-state index contributed by atoms with van der Waals surface area (Å²) in [5.74, 6) is -2.89. The van der Waals surface area contributed by atoms with E-state index in [9.17, 15) is 18.8 Å². The molecular weight excluding hydrogens is 339 g/mol. The topological polar surface area (TPSA) is 86.7 Å². The van der Waals surface area contributed by atoms with Gasteiger partial charge in [-0.15, -0.1) is 0 Å². The Hall–Kier alpha value is -2.44. The van der Waals surface area contributed by atoms with Crippen molar-refractivity contribution in [1.29, 1.82) is 0 Å². The monoisotopic (exact) mass is 360 g/mol. The number of carboxylic acid groups (broad SMARTS) is 1. The van der Waals surface area contributed by atoms with Crippen LogP contribution in [0.5, 0.6) is 0 Å². The van der Waals surface area contributed by atoms with E-state index in [4.69, 9.17) is 5.11 Å². The Bertz CT molecular complexity index is 818. The van der Waals surface area contributed by atoms with Gasteiger partial charge >= 0.3 is 11.9 Å². The number of rotatable bonds is 1. The normalized spacial score (nSPS) is 26.2. The first-order valence-corrected chi connectivity index (χ1v) is 8.98. The summed E-state index contributed by atoms with van der Waals surface area (Å²) in [6.07, 6.45) is 3.53. The second-order valence-electron chi connectivity index (χ2n) is 7.91. The quantitative estimate of drug-likeness (QED) is 0.754. The lowest BCUT2D eigenvalue weighted by Gasteiger charge is -2.38. The molecule has 26 heavy (non-hydrogen) atoms. The lowest BCUT2D eigenvalue weighted by Crippen LogP contribution is -2.44. The largest absolute Gasteiger partial charge is 0.474 e. The fourth-order valence-electron chi connectivity index (χ4n) is 4.25. The van der Waals surface area contributed by atoms with Crippen LogP contribution in [-0.2, 0) is 20.8 Å². The number of hydrogen-bond acceptors (Lipinski definition) is 3. The molecule has 2 heterocycles. The molecule has 1 aromatic carbocycles. The molecule has 0 bridgehead atoms. The molecule has 7 heteroatoms. The maximum atomic E-state index is 14.7. The molecule has 2 amide bonds. The predicted molar refractivity (Wildman–Crippen MR) is 90.9 cm³/mol. The van der Waals surface area contributed by atoms with Crippen molar-refractivity contribution in [1.82, 2.24) is 4.90 Å². The van der Waals surface area contributed by atoms with E-state index in [-0.39, 0.29) is 17.5 Å². The van der Waals surface area contributed by atoms with E-state index >= 15 is 0 Å². The molecule has 1 saturated carbocycles. The fourth-order valence-corrected chi connectivity index (χ4v) is 4.25. The van der Waals surface area contributed by atoms with Crippen molar-refractivity contribution < 1.29 is 23.9 Å². The number of carboxylic acids is 1. The zero-order chi connectivity index (χ0) is 18.6.